The molecule has 0 aliphatic heterocycles. The van der Waals surface area contributed by atoms with E-state index in [1.165, 1.54) is 12.1 Å². The second kappa shape index (κ2) is 8.44. The van der Waals surface area contributed by atoms with Crippen molar-refractivity contribution < 1.29 is 78.6 Å². The number of aliphatic hydroxyl groups is 1. The van der Waals surface area contributed by atoms with E-state index in [1.54, 1.807) is 12.1 Å². The number of rotatable bonds is 3. The largest absolute Gasteiger partial charge is 1.00 e. The van der Waals surface area contributed by atoms with Crippen LogP contribution in [-0.2, 0) is 11.0 Å². The fourth-order valence-corrected chi connectivity index (χ4v) is 1.65. The minimum absolute atomic E-state index is 0. The molecule has 1 unspecified atom stereocenters. The van der Waals surface area contributed by atoms with Crippen LogP contribution >= 0.6 is 7.60 Å². The van der Waals surface area contributed by atoms with Crippen molar-refractivity contribution in [3.8, 4) is 0 Å². The predicted molar refractivity (Wildman–Crippen MR) is 48.4 cm³/mol. The molecule has 7 heteroatoms. The standard InChI is InChI=1S/C9H13O4P.2Na/c1-2-7-3-5-8(6-4-7)9(10)14(11,12)13;;/h3-6,9-10H,2H2,1H3,(H2,11,12,13);;/q;2*+1/p-2. The maximum absolute atomic E-state index is 10.5. The van der Waals surface area contributed by atoms with Gasteiger partial charge in [-0.05, 0) is 25.1 Å². The van der Waals surface area contributed by atoms with Crippen LogP contribution in [0.5, 0.6) is 0 Å². The van der Waals surface area contributed by atoms with Gasteiger partial charge in [0.25, 0.3) is 0 Å². The van der Waals surface area contributed by atoms with E-state index in [0.29, 0.717) is 0 Å². The Morgan fingerprint density at radius 3 is 2.00 bits per heavy atom. The van der Waals surface area contributed by atoms with E-state index < -0.39 is 13.4 Å². The molecule has 0 saturated heterocycles. The molecule has 1 aromatic carbocycles. The molecule has 0 aliphatic carbocycles. The van der Waals surface area contributed by atoms with Crippen molar-refractivity contribution in [2.75, 3.05) is 0 Å². The molecule has 0 heterocycles. The van der Waals surface area contributed by atoms with Crippen LogP contribution in [-0.4, -0.2) is 5.11 Å². The number of benzene rings is 1. The van der Waals surface area contributed by atoms with Crippen LogP contribution in [0.3, 0.4) is 0 Å². The number of hydrogen-bond donors (Lipinski definition) is 1. The molecular weight excluding hydrogens is 249 g/mol. The molecule has 78 valence electrons. The molecule has 0 bridgehead atoms. The Bertz CT molecular complexity index is 349. The fraction of sp³-hybridized carbons (Fsp3) is 0.333. The van der Waals surface area contributed by atoms with Gasteiger partial charge in [0.2, 0.25) is 0 Å². The van der Waals surface area contributed by atoms with Crippen molar-refractivity contribution >= 4 is 7.60 Å². The first kappa shape index (κ1) is 19.7. The van der Waals surface area contributed by atoms with Gasteiger partial charge < -0.3 is 19.5 Å². The zero-order chi connectivity index (χ0) is 10.8. The third kappa shape index (κ3) is 5.78. The second-order valence-corrected chi connectivity index (χ2v) is 4.58. The molecule has 0 fully saturated rings. The Labute approximate surface area is 139 Å². The quantitative estimate of drug-likeness (QED) is 0.433. The van der Waals surface area contributed by atoms with Gasteiger partial charge in [0.05, 0.1) is 0 Å². The SMILES string of the molecule is CCc1ccc(C(O)P(=O)([O-])[O-])cc1.[Na+].[Na+]. The Kier molecular flexibility index (Phi) is 10.4. The van der Waals surface area contributed by atoms with Crippen LogP contribution in [0.25, 0.3) is 0 Å². The molecule has 0 aromatic heterocycles. The van der Waals surface area contributed by atoms with Gasteiger partial charge in [0.15, 0.2) is 0 Å². The van der Waals surface area contributed by atoms with Crippen LogP contribution in [0.1, 0.15) is 23.9 Å². The van der Waals surface area contributed by atoms with Gasteiger partial charge in [-0.25, -0.2) is 0 Å². The summed E-state index contributed by atoms with van der Waals surface area (Å²) in [7, 11) is -4.95. The van der Waals surface area contributed by atoms with Crippen LogP contribution in [0.2, 0.25) is 0 Å². The summed E-state index contributed by atoms with van der Waals surface area (Å²) in [4.78, 5) is 21.0. The monoisotopic (exact) mass is 260 g/mol. The summed E-state index contributed by atoms with van der Waals surface area (Å²) in [5, 5.41) is 9.13. The molecular formula is C9H11Na2O4P. The molecule has 1 rings (SSSR count). The van der Waals surface area contributed by atoms with Gasteiger partial charge in [-0.1, -0.05) is 31.2 Å². The molecule has 0 radical (unpaired) electrons. The first-order chi connectivity index (χ1) is 6.45. The average Bonchev–Trinajstić information content (AvgIpc) is 2.15. The Morgan fingerprint density at radius 1 is 1.25 bits per heavy atom. The van der Waals surface area contributed by atoms with E-state index in [-0.39, 0.29) is 64.7 Å². The van der Waals surface area contributed by atoms with E-state index in [9.17, 15) is 14.4 Å². The van der Waals surface area contributed by atoms with Gasteiger partial charge in [-0.15, -0.1) is 0 Å². The van der Waals surface area contributed by atoms with E-state index in [2.05, 4.69) is 0 Å². The van der Waals surface area contributed by atoms with Crippen LogP contribution in [0, 0.1) is 0 Å². The number of aryl methyl sites for hydroxylation is 1. The van der Waals surface area contributed by atoms with Gasteiger partial charge in [0, 0.05) is 0 Å². The van der Waals surface area contributed by atoms with Crippen LogP contribution in [0.15, 0.2) is 24.3 Å². The normalized spacial score (nSPS) is 12.2. The second-order valence-electron chi connectivity index (χ2n) is 3.01. The van der Waals surface area contributed by atoms with Crippen LogP contribution in [0.4, 0.5) is 0 Å². The maximum atomic E-state index is 10.5. The first-order valence-electron chi connectivity index (χ1n) is 4.23. The molecule has 1 atom stereocenters. The van der Waals surface area contributed by atoms with Crippen molar-refractivity contribution in [3.05, 3.63) is 35.4 Å². The summed E-state index contributed by atoms with van der Waals surface area (Å²) in [6.07, 6.45) is 0.822. The van der Waals surface area contributed by atoms with E-state index in [1.807, 2.05) is 6.92 Å². The summed E-state index contributed by atoms with van der Waals surface area (Å²) in [5.74, 6) is -1.94. The molecule has 1 N–H and O–H groups in total. The first-order valence-corrected chi connectivity index (χ1v) is 5.85. The van der Waals surface area contributed by atoms with Crippen molar-refractivity contribution in [1.29, 1.82) is 0 Å². The molecule has 0 amide bonds. The number of hydrogen-bond acceptors (Lipinski definition) is 4. The molecule has 0 aliphatic rings. The van der Waals surface area contributed by atoms with E-state index in [4.69, 9.17) is 5.11 Å². The maximum Gasteiger partial charge on any atom is 1.00 e. The Morgan fingerprint density at radius 2 is 1.69 bits per heavy atom. The summed E-state index contributed by atoms with van der Waals surface area (Å²) in [6, 6.07) is 6.28. The Hall–Kier alpha value is 1.33. The topological polar surface area (TPSA) is 83.4 Å². The summed E-state index contributed by atoms with van der Waals surface area (Å²) in [5.41, 5.74) is 1.14. The van der Waals surface area contributed by atoms with Gasteiger partial charge in [-0.2, -0.15) is 0 Å². The van der Waals surface area contributed by atoms with Crippen molar-refractivity contribution in [2.45, 2.75) is 19.2 Å². The third-order valence-corrected chi connectivity index (χ3v) is 2.88. The van der Waals surface area contributed by atoms with Crippen LogP contribution < -0.4 is 68.9 Å². The molecule has 4 nitrogen and oxygen atoms in total. The Balaban J connectivity index is 0. The van der Waals surface area contributed by atoms with E-state index in [0.717, 1.165) is 12.0 Å². The third-order valence-electron chi connectivity index (χ3n) is 1.99. The molecule has 16 heavy (non-hydrogen) atoms. The minimum Gasteiger partial charge on any atom is -0.809 e. The fourth-order valence-electron chi connectivity index (χ4n) is 1.11. The molecule has 0 saturated carbocycles. The predicted octanol–water partition coefficient (Wildman–Crippen LogP) is -5.84. The van der Waals surface area contributed by atoms with Crippen molar-refractivity contribution in [2.24, 2.45) is 0 Å². The number of aliphatic hydroxyl groups excluding tert-OH is 1. The van der Waals surface area contributed by atoms with Crippen molar-refractivity contribution in [1.82, 2.24) is 0 Å². The summed E-state index contributed by atoms with van der Waals surface area (Å²) < 4.78 is 10.5. The molecule has 1 aromatic rings. The summed E-state index contributed by atoms with van der Waals surface area (Å²) >= 11 is 0. The smallest absolute Gasteiger partial charge is 0.809 e. The average molecular weight is 260 g/mol. The molecule has 0 spiro atoms. The van der Waals surface area contributed by atoms with Gasteiger partial charge in [-0.3, -0.25) is 0 Å². The van der Waals surface area contributed by atoms with E-state index >= 15 is 0 Å². The minimum atomic E-state index is -4.95. The van der Waals surface area contributed by atoms with Gasteiger partial charge >= 0.3 is 59.1 Å². The zero-order valence-electron chi connectivity index (χ0n) is 9.71. The zero-order valence-corrected chi connectivity index (χ0v) is 14.6. The summed E-state index contributed by atoms with van der Waals surface area (Å²) in [6.45, 7) is 1.96. The van der Waals surface area contributed by atoms with Crippen molar-refractivity contribution in [3.63, 3.8) is 0 Å². The van der Waals surface area contributed by atoms with Gasteiger partial charge in [0.1, 0.15) is 5.85 Å².